The van der Waals surface area contributed by atoms with Crippen molar-refractivity contribution in [3.63, 3.8) is 0 Å². The van der Waals surface area contributed by atoms with E-state index in [1.807, 2.05) is 38.1 Å². The van der Waals surface area contributed by atoms with Crippen molar-refractivity contribution < 1.29 is 23.1 Å². The van der Waals surface area contributed by atoms with Crippen LogP contribution in [0.25, 0.3) is 11.1 Å². The fourth-order valence-corrected chi connectivity index (χ4v) is 4.16. The molecule has 32 heavy (non-hydrogen) atoms. The molecule has 0 aliphatic rings. The molecule has 0 saturated carbocycles. The van der Waals surface area contributed by atoms with Crippen molar-refractivity contribution in [1.82, 2.24) is 4.98 Å². The van der Waals surface area contributed by atoms with Crippen molar-refractivity contribution in [2.75, 3.05) is 6.61 Å². The van der Waals surface area contributed by atoms with Gasteiger partial charge >= 0.3 is 5.97 Å². The quantitative estimate of drug-likeness (QED) is 0.508. The van der Waals surface area contributed by atoms with Crippen LogP contribution in [-0.2, 0) is 27.7 Å². The lowest BCUT2D eigenvalue weighted by molar-refractivity contribution is -0.136. The molecule has 0 unspecified atom stereocenters. The number of primary sulfonamides is 1. The summed E-state index contributed by atoms with van der Waals surface area (Å²) >= 11 is 0. The van der Waals surface area contributed by atoms with Crippen LogP contribution in [0, 0.1) is 0 Å². The SMILES string of the molecule is CC(C)c1cccc(-c2ccnc(OCCc3cccc(S(N)(=O)=O)c3)c2)c1CC(=O)O. The summed E-state index contributed by atoms with van der Waals surface area (Å²) in [6.07, 6.45) is 2.03. The molecule has 168 valence electrons. The summed E-state index contributed by atoms with van der Waals surface area (Å²) in [5.41, 5.74) is 4.23. The van der Waals surface area contributed by atoms with Crippen LogP contribution >= 0.6 is 0 Å². The molecule has 1 aromatic heterocycles. The zero-order valence-corrected chi connectivity index (χ0v) is 18.8. The van der Waals surface area contributed by atoms with Gasteiger partial charge in [-0.3, -0.25) is 4.79 Å². The molecule has 3 N–H and O–H groups in total. The van der Waals surface area contributed by atoms with E-state index in [4.69, 9.17) is 9.88 Å². The summed E-state index contributed by atoms with van der Waals surface area (Å²) in [7, 11) is -3.76. The van der Waals surface area contributed by atoms with Crippen molar-refractivity contribution in [2.24, 2.45) is 5.14 Å². The number of carboxylic acids is 1. The van der Waals surface area contributed by atoms with Crippen LogP contribution in [0.15, 0.2) is 65.7 Å². The van der Waals surface area contributed by atoms with Gasteiger partial charge in [0, 0.05) is 18.7 Å². The van der Waals surface area contributed by atoms with Gasteiger partial charge in [-0.15, -0.1) is 0 Å². The first kappa shape index (κ1) is 23.4. The van der Waals surface area contributed by atoms with Crippen molar-refractivity contribution in [2.45, 2.75) is 37.5 Å². The fourth-order valence-electron chi connectivity index (χ4n) is 3.57. The lowest BCUT2D eigenvalue weighted by Crippen LogP contribution is -2.12. The number of rotatable bonds is 9. The Morgan fingerprint density at radius 2 is 1.88 bits per heavy atom. The summed E-state index contributed by atoms with van der Waals surface area (Å²) in [4.78, 5) is 15.8. The first-order chi connectivity index (χ1) is 15.1. The van der Waals surface area contributed by atoms with E-state index in [-0.39, 0.29) is 17.2 Å². The molecular weight excluding hydrogens is 428 g/mol. The van der Waals surface area contributed by atoms with E-state index in [0.29, 0.717) is 18.9 Å². The number of hydrogen-bond donors (Lipinski definition) is 2. The number of carboxylic acid groups (broad SMARTS) is 1. The van der Waals surface area contributed by atoms with E-state index in [9.17, 15) is 18.3 Å². The number of benzene rings is 2. The third kappa shape index (κ3) is 5.93. The minimum absolute atomic E-state index is 0.0612. The number of carbonyl (C=O) groups is 1. The smallest absolute Gasteiger partial charge is 0.307 e. The third-order valence-corrected chi connectivity index (χ3v) is 5.99. The normalized spacial score (nSPS) is 11.5. The largest absolute Gasteiger partial charge is 0.481 e. The zero-order chi connectivity index (χ0) is 23.3. The molecule has 1 heterocycles. The molecule has 7 nitrogen and oxygen atoms in total. The molecule has 0 fully saturated rings. The van der Waals surface area contributed by atoms with E-state index < -0.39 is 16.0 Å². The number of nitrogens with zero attached hydrogens (tertiary/aromatic N) is 1. The number of nitrogens with two attached hydrogens (primary N) is 1. The van der Waals surface area contributed by atoms with Crippen LogP contribution in [0.2, 0.25) is 0 Å². The molecule has 0 bridgehead atoms. The molecule has 0 saturated heterocycles. The summed E-state index contributed by atoms with van der Waals surface area (Å²) in [6.45, 7) is 4.37. The summed E-state index contributed by atoms with van der Waals surface area (Å²) < 4.78 is 28.8. The van der Waals surface area contributed by atoms with E-state index in [1.165, 1.54) is 12.1 Å². The second-order valence-corrected chi connectivity index (χ2v) is 9.33. The van der Waals surface area contributed by atoms with Crippen LogP contribution in [0.5, 0.6) is 5.88 Å². The Morgan fingerprint density at radius 3 is 2.56 bits per heavy atom. The molecule has 0 atom stereocenters. The highest BCUT2D eigenvalue weighted by molar-refractivity contribution is 7.89. The van der Waals surface area contributed by atoms with Crippen LogP contribution in [0.1, 0.15) is 36.5 Å². The first-order valence-electron chi connectivity index (χ1n) is 10.2. The maximum Gasteiger partial charge on any atom is 0.307 e. The number of ether oxygens (including phenoxy) is 1. The Bertz CT molecular complexity index is 1220. The van der Waals surface area contributed by atoms with Crippen LogP contribution < -0.4 is 9.88 Å². The fraction of sp³-hybridized carbons (Fsp3) is 0.250. The maximum atomic E-state index is 11.5. The summed E-state index contributed by atoms with van der Waals surface area (Å²) in [6, 6.07) is 15.8. The number of pyridine rings is 1. The number of aromatic nitrogens is 1. The Morgan fingerprint density at radius 1 is 1.12 bits per heavy atom. The summed E-state index contributed by atoms with van der Waals surface area (Å²) in [5, 5.41) is 14.6. The van der Waals surface area contributed by atoms with Crippen LogP contribution in [0.4, 0.5) is 0 Å². The van der Waals surface area contributed by atoms with Gasteiger partial charge in [0.2, 0.25) is 15.9 Å². The molecule has 0 aliphatic heterocycles. The zero-order valence-electron chi connectivity index (χ0n) is 18.0. The van der Waals surface area contributed by atoms with Crippen molar-refractivity contribution in [1.29, 1.82) is 0 Å². The Balaban J connectivity index is 1.80. The number of hydrogen-bond acceptors (Lipinski definition) is 5. The van der Waals surface area contributed by atoms with Gasteiger partial charge in [-0.05, 0) is 51.9 Å². The van der Waals surface area contributed by atoms with Gasteiger partial charge in [0.05, 0.1) is 17.9 Å². The molecule has 0 radical (unpaired) electrons. The summed E-state index contributed by atoms with van der Waals surface area (Å²) in [5.74, 6) is -0.289. The minimum atomic E-state index is -3.76. The molecule has 0 amide bonds. The molecule has 3 rings (SSSR count). The molecule has 0 spiro atoms. The van der Waals surface area contributed by atoms with Gasteiger partial charge in [0.15, 0.2) is 0 Å². The molecule has 2 aromatic carbocycles. The predicted molar refractivity (Wildman–Crippen MR) is 122 cm³/mol. The van der Waals surface area contributed by atoms with Crippen molar-refractivity contribution in [3.8, 4) is 17.0 Å². The second-order valence-electron chi connectivity index (χ2n) is 7.77. The van der Waals surface area contributed by atoms with Crippen molar-refractivity contribution in [3.05, 3.63) is 77.5 Å². The van der Waals surface area contributed by atoms with E-state index in [2.05, 4.69) is 4.98 Å². The van der Waals surface area contributed by atoms with Crippen LogP contribution in [-0.4, -0.2) is 31.1 Å². The van der Waals surface area contributed by atoms with E-state index in [0.717, 1.165) is 27.8 Å². The number of sulfonamides is 1. The maximum absolute atomic E-state index is 11.5. The second kappa shape index (κ2) is 9.93. The molecule has 0 aliphatic carbocycles. The third-order valence-electron chi connectivity index (χ3n) is 5.08. The van der Waals surface area contributed by atoms with Crippen LogP contribution in [0.3, 0.4) is 0 Å². The molecule has 3 aromatic rings. The molecular formula is C24H26N2O5S. The van der Waals surface area contributed by atoms with E-state index >= 15 is 0 Å². The Hall–Kier alpha value is -3.23. The van der Waals surface area contributed by atoms with Gasteiger partial charge in [-0.1, -0.05) is 44.2 Å². The monoisotopic (exact) mass is 454 g/mol. The van der Waals surface area contributed by atoms with Gasteiger partial charge in [-0.2, -0.15) is 0 Å². The number of aliphatic carboxylic acids is 1. The highest BCUT2D eigenvalue weighted by Crippen LogP contribution is 2.32. The highest BCUT2D eigenvalue weighted by Gasteiger charge is 2.16. The topological polar surface area (TPSA) is 120 Å². The lowest BCUT2D eigenvalue weighted by Gasteiger charge is -2.17. The van der Waals surface area contributed by atoms with Crippen molar-refractivity contribution >= 4 is 16.0 Å². The highest BCUT2D eigenvalue weighted by atomic mass is 32.2. The first-order valence-corrected chi connectivity index (χ1v) is 11.7. The Labute approximate surface area is 187 Å². The van der Waals surface area contributed by atoms with Gasteiger partial charge in [-0.25, -0.2) is 18.5 Å². The average Bonchev–Trinajstić information content (AvgIpc) is 2.73. The minimum Gasteiger partial charge on any atom is -0.481 e. The van der Waals surface area contributed by atoms with Gasteiger partial charge in [0.25, 0.3) is 0 Å². The average molecular weight is 455 g/mol. The predicted octanol–water partition coefficient (Wildman–Crippen LogP) is 3.77. The standard InChI is InChI=1S/C24H26N2O5S/c1-16(2)20-7-4-8-21(22(20)15-24(27)28)18-9-11-26-23(14-18)31-12-10-17-5-3-6-19(13-17)32(25,29)30/h3-9,11,13-14,16H,10,12,15H2,1-2H3,(H,27,28)(H2,25,29,30). The lowest BCUT2D eigenvalue weighted by atomic mass is 9.89. The van der Waals surface area contributed by atoms with Gasteiger partial charge < -0.3 is 9.84 Å². The van der Waals surface area contributed by atoms with E-state index in [1.54, 1.807) is 24.4 Å². The van der Waals surface area contributed by atoms with Gasteiger partial charge in [0.1, 0.15) is 0 Å². The molecule has 8 heteroatoms. The Kier molecular flexibility index (Phi) is 7.27.